The Hall–Kier alpha value is -3.47. The molecule has 0 spiro atoms. The highest BCUT2D eigenvalue weighted by molar-refractivity contribution is 7.92. The maximum absolute atomic E-state index is 14.1. The van der Waals surface area contributed by atoms with Crippen LogP contribution in [-0.4, -0.2) is 32.1 Å². The van der Waals surface area contributed by atoms with Crippen molar-refractivity contribution in [2.45, 2.75) is 25.7 Å². The predicted molar refractivity (Wildman–Crippen MR) is 116 cm³/mol. The molecule has 3 aromatic rings. The number of sulfonamides is 1. The van der Waals surface area contributed by atoms with Crippen molar-refractivity contribution >= 4 is 21.6 Å². The van der Waals surface area contributed by atoms with Gasteiger partial charge in [-0.1, -0.05) is 6.07 Å². The normalized spacial score (nSPS) is 12.9. The summed E-state index contributed by atoms with van der Waals surface area (Å²) in [7, 11) is -3.83. The molecule has 4 rings (SSSR count). The first-order chi connectivity index (χ1) is 15.7. The van der Waals surface area contributed by atoms with Crippen LogP contribution in [-0.2, 0) is 29.3 Å². The quantitative estimate of drug-likeness (QED) is 0.513. The molecule has 1 amide bonds. The van der Waals surface area contributed by atoms with Crippen LogP contribution in [0.1, 0.15) is 33.6 Å². The molecule has 2 N–H and O–H groups in total. The van der Waals surface area contributed by atoms with Gasteiger partial charge in [0.25, 0.3) is 5.91 Å². The number of aryl methyl sites for hydroxylation is 2. The van der Waals surface area contributed by atoms with Crippen LogP contribution >= 0.6 is 0 Å². The minimum absolute atomic E-state index is 0.00350. The summed E-state index contributed by atoms with van der Waals surface area (Å²) in [6.45, 7) is 0.0600. The van der Waals surface area contributed by atoms with Crippen LogP contribution in [0.2, 0.25) is 0 Å². The summed E-state index contributed by atoms with van der Waals surface area (Å²) in [4.78, 5) is 16.3. The lowest BCUT2D eigenvalue weighted by Gasteiger charge is -2.09. The molecule has 33 heavy (non-hydrogen) atoms. The van der Waals surface area contributed by atoms with E-state index in [-0.39, 0.29) is 30.3 Å². The van der Waals surface area contributed by atoms with Gasteiger partial charge in [-0.3, -0.25) is 9.52 Å². The SMILES string of the molecule is CS(=O)(=O)Nc1c(F)cc(CCNC(=O)c2coc(Oc3ccc4c(c3)CCC4)n2)cc1F. The minimum atomic E-state index is -3.83. The summed E-state index contributed by atoms with van der Waals surface area (Å²) in [5.41, 5.74) is 2.02. The van der Waals surface area contributed by atoms with Gasteiger partial charge in [-0.05, 0) is 66.6 Å². The molecule has 0 atom stereocenters. The smallest absolute Gasteiger partial charge is 0.399 e. The molecule has 0 bridgehead atoms. The first kappa shape index (κ1) is 22.7. The number of fused-ring (bicyclic) bond motifs is 1. The van der Waals surface area contributed by atoms with Gasteiger partial charge in [-0.15, -0.1) is 0 Å². The summed E-state index contributed by atoms with van der Waals surface area (Å²) in [6, 6.07) is 7.76. The minimum Gasteiger partial charge on any atom is -0.416 e. The lowest BCUT2D eigenvalue weighted by molar-refractivity contribution is 0.0949. The van der Waals surface area contributed by atoms with Crippen molar-refractivity contribution in [3.63, 3.8) is 0 Å². The fourth-order valence-electron chi connectivity index (χ4n) is 3.58. The molecule has 1 aliphatic rings. The predicted octanol–water partition coefficient (Wildman–Crippen LogP) is 3.58. The number of nitrogens with one attached hydrogen (secondary N) is 2. The van der Waals surface area contributed by atoms with E-state index in [0.29, 0.717) is 5.75 Å². The first-order valence-corrected chi connectivity index (χ1v) is 12.1. The van der Waals surface area contributed by atoms with E-state index < -0.39 is 33.3 Å². The summed E-state index contributed by atoms with van der Waals surface area (Å²) in [6.07, 6.45) is 5.15. The average Bonchev–Trinajstić information content (AvgIpc) is 3.39. The zero-order valence-electron chi connectivity index (χ0n) is 17.7. The van der Waals surface area contributed by atoms with E-state index in [9.17, 15) is 22.0 Å². The van der Waals surface area contributed by atoms with Crippen LogP contribution in [0.5, 0.6) is 11.8 Å². The molecule has 0 fully saturated rings. The second-order valence-corrected chi connectivity index (χ2v) is 9.45. The van der Waals surface area contributed by atoms with Crippen molar-refractivity contribution in [1.82, 2.24) is 10.3 Å². The molecule has 2 aromatic carbocycles. The maximum Gasteiger partial charge on any atom is 0.399 e. The molecular formula is C22H21F2N3O5S. The number of halogens is 2. The number of anilines is 1. The van der Waals surface area contributed by atoms with Crippen molar-refractivity contribution in [3.8, 4) is 11.8 Å². The summed E-state index contributed by atoms with van der Waals surface area (Å²) in [5.74, 6) is -2.07. The van der Waals surface area contributed by atoms with Crippen LogP contribution < -0.4 is 14.8 Å². The van der Waals surface area contributed by atoms with E-state index in [4.69, 9.17) is 9.15 Å². The lowest BCUT2D eigenvalue weighted by Crippen LogP contribution is -2.26. The van der Waals surface area contributed by atoms with Gasteiger partial charge in [0, 0.05) is 6.54 Å². The fraction of sp³-hybridized carbons (Fsp3) is 0.273. The van der Waals surface area contributed by atoms with Crippen molar-refractivity contribution < 1.29 is 31.1 Å². The highest BCUT2D eigenvalue weighted by Gasteiger charge is 2.17. The number of aromatic nitrogens is 1. The number of oxazole rings is 1. The van der Waals surface area contributed by atoms with Gasteiger partial charge in [0.1, 0.15) is 17.7 Å². The second-order valence-electron chi connectivity index (χ2n) is 7.70. The van der Waals surface area contributed by atoms with E-state index in [1.165, 1.54) is 11.1 Å². The summed E-state index contributed by atoms with van der Waals surface area (Å²) in [5, 5.41) is 2.58. The van der Waals surface area contributed by atoms with Gasteiger partial charge in [0.15, 0.2) is 17.3 Å². The summed E-state index contributed by atoms with van der Waals surface area (Å²) < 4.78 is 63.1. The third kappa shape index (κ3) is 5.67. The average molecular weight is 477 g/mol. The summed E-state index contributed by atoms with van der Waals surface area (Å²) >= 11 is 0. The van der Waals surface area contributed by atoms with E-state index in [2.05, 4.69) is 10.3 Å². The Morgan fingerprint density at radius 1 is 1.15 bits per heavy atom. The zero-order chi connectivity index (χ0) is 23.6. The van der Waals surface area contributed by atoms with Crippen LogP contribution in [0.4, 0.5) is 14.5 Å². The lowest BCUT2D eigenvalue weighted by atomic mass is 10.1. The number of hydrogen-bond donors (Lipinski definition) is 2. The molecule has 1 aromatic heterocycles. The number of amides is 1. The van der Waals surface area contributed by atoms with Crippen LogP contribution in [0.3, 0.4) is 0 Å². The van der Waals surface area contributed by atoms with Crippen molar-refractivity contribution in [1.29, 1.82) is 0 Å². The van der Waals surface area contributed by atoms with Gasteiger partial charge in [0.05, 0.1) is 6.26 Å². The van der Waals surface area contributed by atoms with Crippen LogP contribution in [0, 0.1) is 11.6 Å². The Balaban J connectivity index is 1.32. The van der Waals surface area contributed by atoms with E-state index in [1.807, 2.05) is 18.2 Å². The van der Waals surface area contributed by atoms with Gasteiger partial charge in [-0.25, -0.2) is 17.2 Å². The Labute approximate surface area is 189 Å². The number of rotatable bonds is 8. The van der Waals surface area contributed by atoms with Crippen LogP contribution in [0.15, 0.2) is 41.0 Å². The van der Waals surface area contributed by atoms with E-state index in [0.717, 1.165) is 43.9 Å². The topological polar surface area (TPSA) is 111 Å². The number of carbonyl (C=O) groups excluding carboxylic acids is 1. The van der Waals surface area contributed by atoms with Crippen molar-refractivity contribution in [2.75, 3.05) is 17.5 Å². The van der Waals surface area contributed by atoms with E-state index in [1.54, 1.807) is 4.72 Å². The number of ether oxygens (including phenoxy) is 1. The molecule has 1 aliphatic carbocycles. The Morgan fingerprint density at radius 2 is 1.88 bits per heavy atom. The third-order valence-electron chi connectivity index (χ3n) is 5.08. The van der Waals surface area contributed by atoms with E-state index >= 15 is 0 Å². The standard InChI is InChI=1S/C22H21F2N3O5S/c1-33(29,30)27-20-17(23)9-13(10-18(20)24)7-8-25-21(28)19-12-31-22(26-19)32-16-6-5-14-3-2-4-15(14)11-16/h5-6,9-12,27H,2-4,7-8H2,1H3,(H,25,28). The molecule has 0 unspecified atom stereocenters. The molecule has 0 radical (unpaired) electrons. The second kappa shape index (κ2) is 9.18. The van der Waals surface area contributed by atoms with Crippen molar-refractivity contribution in [2.24, 2.45) is 0 Å². The monoisotopic (exact) mass is 477 g/mol. The van der Waals surface area contributed by atoms with Gasteiger partial charge in [0.2, 0.25) is 10.0 Å². The van der Waals surface area contributed by atoms with Gasteiger partial charge in [-0.2, -0.15) is 4.98 Å². The molecule has 0 saturated carbocycles. The number of hydrogen-bond acceptors (Lipinski definition) is 6. The maximum atomic E-state index is 14.1. The highest BCUT2D eigenvalue weighted by atomic mass is 32.2. The molecule has 8 nitrogen and oxygen atoms in total. The third-order valence-corrected chi connectivity index (χ3v) is 5.65. The number of carbonyl (C=O) groups is 1. The molecule has 0 aliphatic heterocycles. The fourth-order valence-corrected chi connectivity index (χ4v) is 4.15. The molecule has 11 heteroatoms. The van der Waals surface area contributed by atoms with Crippen molar-refractivity contribution in [3.05, 3.63) is 70.6 Å². The largest absolute Gasteiger partial charge is 0.416 e. The molecular weight excluding hydrogens is 456 g/mol. The first-order valence-electron chi connectivity index (χ1n) is 10.2. The van der Waals surface area contributed by atoms with Gasteiger partial charge >= 0.3 is 6.08 Å². The Kier molecular flexibility index (Phi) is 6.32. The Morgan fingerprint density at radius 3 is 2.61 bits per heavy atom. The number of nitrogens with zero attached hydrogens (tertiary/aromatic N) is 1. The highest BCUT2D eigenvalue weighted by Crippen LogP contribution is 2.28. The molecule has 1 heterocycles. The van der Waals surface area contributed by atoms with Gasteiger partial charge < -0.3 is 14.5 Å². The van der Waals surface area contributed by atoms with Crippen LogP contribution in [0.25, 0.3) is 0 Å². The molecule has 0 saturated heterocycles. The number of benzene rings is 2. The molecule has 174 valence electrons. The zero-order valence-corrected chi connectivity index (χ0v) is 18.5. The Bertz CT molecular complexity index is 1280.